The summed E-state index contributed by atoms with van der Waals surface area (Å²) in [6.07, 6.45) is 0. The van der Waals surface area contributed by atoms with Crippen molar-refractivity contribution in [3.63, 3.8) is 0 Å². The third-order valence-electron chi connectivity index (χ3n) is 2.69. The van der Waals surface area contributed by atoms with Crippen molar-refractivity contribution in [3.8, 4) is 0 Å². The number of hydrogen-bond acceptors (Lipinski definition) is 2. The van der Waals surface area contributed by atoms with Crippen molar-refractivity contribution in [2.45, 2.75) is 26.4 Å². The predicted octanol–water partition coefficient (Wildman–Crippen LogP) is 2.19. The Balaban J connectivity index is 0.00000289. The first-order valence-electron chi connectivity index (χ1n) is 5.67. The van der Waals surface area contributed by atoms with Crippen LogP contribution >= 0.6 is 12.4 Å². The van der Waals surface area contributed by atoms with E-state index < -0.39 is 6.04 Å². The Bertz CT molecular complexity index is 398. The number of amides is 1. The minimum atomic E-state index is -0.506. The van der Waals surface area contributed by atoms with E-state index >= 15 is 0 Å². The van der Waals surface area contributed by atoms with E-state index in [4.69, 9.17) is 5.73 Å². The molecule has 0 aliphatic rings. The summed E-state index contributed by atoms with van der Waals surface area (Å²) in [5.41, 5.74) is 6.54. The lowest BCUT2D eigenvalue weighted by molar-refractivity contribution is -0.132. The van der Waals surface area contributed by atoms with Gasteiger partial charge in [0.2, 0.25) is 5.91 Å². The summed E-state index contributed by atoms with van der Waals surface area (Å²) in [6.45, 7) is 4.17. The Kier molecular flexibility index (Phi) is 6.88. The molecule has 0 fully saturated rings. The molecule has 0 heterocycles. The zero-order valence-electron chi connectivity index (χ0n) is 10.9. The maximum atomic E-state index is 13.0. The van der Waals surface area contributed by atoms with Gasteiger partial charge in [0.1, 0.15) is 5.82 Å². The quantitative estimate of drug-likeness (QED) is 0.915. The number of halogens is 2. The fraction of sp³-hybridized carbons (Fsp3) is 0.462. The highest BCUT2D eigenvalue weighted by Crippen LogP contribution is 2.09. The fourth-order valence-electron chi connectivity index (χ4n) is 1.53. The Morgan fingerprint density at radius 1 is 1.44 bits per heavy atom. The smallest absolute Gasteiger partial charge is 0.239 e. The largest absolute Gasteiger partial charge is 0.340 e. The number of nitrogens with zero attached hydrogens (tertiary/aromatic N) is 1. The lowest BCUT2D eigenvalue weighted by atomic mass is 10.0. The maximum absolute atomic E-state index is 13.0. The second-order valence-electron chi connectivity index (χ2n) is 4.59. The molecule has 1 rings (SSSR count). The van der Waals surface area contributed by atoms with E-state index in [-0.39, 0.29) is 30.0 Å². The molecule has 18 heavy (non-hydrogen) atoms. The molecule has 0 saturated heterocycles. The fourth-order valence-corrected chi connectivity index (χ4v) is 1.53. The summed E-state index contributed by atoms with van der Waals surface area (Å²) in [5, 5.41) is 0. The average molecular weight is 275 g/mol. The van der Waals surface area contributed by atoms with Crippen LogP contribution in [0.15, 0.2) is 24.3 Å². The first kappa shape index (κ1) is 16.9. The minimum absolute atomic E-state index is 0. The van der Waals surface area contributed by atoms with E-state index in [9.17, 15) is 9.18 Å². The van der Waals surface area contributed by atoms with Gasteiger partial charge in [-0.1, -0.05) is 26.0 Å². The van der Waals surface area contributed by atoms with Gasteiger partial charge in [0.05, 0.1) is 6.04 Å². The van der Waals surface area contributed by atoms with Gasteiger partial charge >= 0.3 is 0 Å². The SMILES string of the molecule is CC(C)[C@@H](N)C(=O)N(C)Cc1cccc(F)c1.Cl. The van der Waals surface area contributed by atoms with Crippen molar-refractivity contribution in [1.82, 2.24) is 4.90 Å². The second-order valence-corrected chi connectivity index (χ2v) is 4.59. The Hall–Kier alpha value is -1.13. The monoisotopic (exact) mass is 274 g/mol. The van der Waals surface area contributed by atoms with E-state index in [0.717, 1.165) is 5.56 Å². The number of benzene rings is 1. The lowest BCUT2D eigenvalue weighted by Crippen LogP contribution is -2.44. The molecule has 0 unspecified atom stereocenters. The first-order chi connectivity index (χ1) is 7.91. The topological polar surface area (TPSA) is 46.3 Å². The van der Waals surface area contributed by atoms with Crippen LogP contribution in [0.25, 0.3) is 0 Å². The molecule has 1 amide bonds. The molecule has 102 valence electrons. The van der Waals surface area contributed by atoms with E-state index in [1.807, 2.05) is 13.8 Å². The van der Waals surface area contributed by atoms with Crippen molar-refractivity contribution in [3.05, 3.63) is 35.6 Å². The van der Waals surface area contributed by atoms with E-state index in [1.54, 1.807) is 19.2 Å². The highest BCUT2D eigenvalue weighted by molar-refractivity contribution is 5.85. The van der Waals surface area contributed by atoms with Crippen LogP contribution in [0.4, 0.5) is 4.39 Å². The number of likely N-dealkylation sites (N-methyl/N-ethyl adjacent to an activating group) is 1. The van der Waals surface area contributed by atoms with Crippen LogP contribution in [-0.2, 0) is 11.3 Å². The average Bonchev–Trinajstić information content (AvgIpc) is 2.26. The van der Waals surface area contributed by atoms with Crippen LogP contribution in [0.3, 0.4) is 0 Å². The second kappa shape index (κ2) is 7.34. The highest BCUT2D eigenvalue weighted by atomic mass is 35.5. The number of rotatable bonds is 4. The van der Waals surface area contributed by atoms with Gasteiger partial charge in [-0.15, -0.1) is 12.4 Å². The summed E-state index contributed by atoms with van der Waals surface area (Å²) in [7, 11) is 1.68. The van der Waals surface area contributed by atoms with Gasteiger partial charge in [-0.2, -0.15) is 0 Å². The number of nitrogens with two attached hydrogens (primary N) is 1. The molecular formula is C13H20ClFN2O. The lowest BCUT2D eigenvalue weighted by Gasteiger charge is -2.23. The molecule has 5 heteroatoms. The van der Waals surface area contributed by atoms with Gasteiger partial charge in [0.15, 0.2) is 0 Å². The summed E-state index contributed by atoms with van der Waals surface area (Å²) in [4.78, 5) is 13.4. The van der Waals surface area contributed by atoms with Gasteiger partial charge in [-0.3, -0.25) is 4.79 Å². The summed E-state index contributed by atoms with van der Waals surface area (Å²) < 4.78 is 13.0. The molecule has 0 aromatic heterocycles. The van der Waals surface area contributed by atoms with Gasteiger partial charge < -0.3 is 10.6 Å². The molecule has 0 saturated carbocycles. The van der Waals surface area contributed by atoms with Crippen LogP contribution in [0.1, 0.15) is 19.4 Å². The molecule has 0 bridgehead atoms. The Labute approximate surface area is 114 Å². The molecule has 0 radical (unpaired) electrons. The molecule has 3 nitrogen and oxygen atoms in total. The van der Waals surface area contributed by atoms with Gasteiger partial charge in [-0.25, -0.2) is 4.39 Å². The zero-order chi connectivity index (χ0) is 13.0. The molecule has 1 atom stereocenters. The summed E-state index contributed by atoms with van der Waals surface area (Å²) in [5.74, 6) is -0.321. The van der Waals surface area contributed by atoms with Crippen molar-refractivity contribution >= 4 is 18.3 Å². The molecule has 1 aromatic rings. The molecule has 1 aromatic carbocycles. The van der Waals surface area contributed by atoms with Crippen LogP contribution < -0.4 is 5.73 Å². The normalized spacial score (nSPS) is 11.9. The minimum Gasteiger partial charge on any atom is -0.340 e. The van der Waals surface area contributed by atoms with E-state index in [1.165, 1.54) is 17.0 Å². The van der Waals surface area contributed by atoms with Crippen molar-refractivity contribution in [2.24, 2.45) is 11.7 Å². The summed E-state index contributed by atoms with van der Waals surface area (Å²) in [6, 6.07) is 5.71. The van der Waals surface area contributed by atoms with Crippen LogP contribution in [0, 0.1) is 11.7 Å². The maximum Gasteiger partial charge on any atom is 0.239 e. The number of carbonyl (C=O) groups excluding carboxylic acids is 1. The Morgan fingerprint density at radius 3 is 2.56 bits per heavy atom. The van der Waals surface area contributed by atoms with Gasteiger partial charge in [0.25, 0.3) is 0 Å². The van der Waals surface area contributed by atoms with Crippen LogP contribution in [0.5, 0.6) is 0 Å². The first-order valence-corrected chi connectivity index (χ1v) is 5.67. The summed E-state index contributed by atoms with van der Waals surface area (Å²) >= 11 is 0. The van der Waals surface area contributed by atoms with Crippen molar-refractivity contribution < 1.29 is 9.18 Å². The van der Waals surface area contributed by atoms with Crippen molar-refractivity contribution in [1.29, 1.82) is 0 Å². The molecule has 0 spiro atoms. The van der Waals surface area contributed by atoms with Gasteiger partial charge in [0, 0.05) is 13.6 Å². The third kappa shape index (κ3) is 4.63. The van der Waals surface area contributed by atoms with Crippen molar-refractivity contribution in [2.75, 3.05) is 7.05 Å². The zero-order valence-corrected chi connectivity index (χ0v) is 11.7. The van der Waals surface area contributed by atoms with Gasteiger partial charge in [-0.05, 0) is 23.6 Å². The standard InChI is InChI=1S/C13H19FN2O.ClH/c1-9(2)12(15)13(17)16(3)8-10-5-4-6-11(14)7-10;/h4-7,9,12H,8,15H2,1-3H3;1H/t12-;/m1./s1. The van der Waals surface area contributed by atoms with Crippen LogP contribution in [0.2, 0.25) is 0 Å². The third-order valence-corrected chi connectivity index (χ3v) is 2.69. The predicted molar refractivity (Wildman–Crippen MR) is 72.9 cm³/mol. The van der Waals surface area contributed by atoms with E-state index in [0.29, 0.717) is 6.54 Å². The molecule has 2 N–H and O–H groups in total. The molecule has 0 aliphatic carbocycles. The molecule has 0 aliphatic heterocycles. The number of carbonyl (C=O) groups is 1. The molecular weight excluding hydrogens is 255 g/mol. The highest BCUT2D eigenvalue weighted by Gasteiger charge is 2.20. The Morgan fingerprint density at radius 2 is 2.06 bits per heavy atom. The van der Waals surface area contributed by atoms with E-state index in [2.05, 4.69) is 0 Å². The number of hydrogen-bond donors (Lipinski definition) is 1. The van der Waals surface area contributed by atoms with Crippen LogP contribution in [-0.4, -0.2) is 23.9 Å².